The number of rotatable bonds is 4. The monoisotopic (exact) mass is 365 g/mol. The van der Waals surface area contributed by atoms with Gasteiger partial charge < -0.3 is 4.98 Å². The van der Waals surface area contributed by atoms with Crippen LogP contribution in [0.4, 0.5) is 0 Å². The SMILES string of the molecule is NNC(=O)CSc1nc2c(sc(=S)n2-c2ccccc2)c(=O)[nH]1. The van der Waals surface area contributed by atoms with Crippen LogP contribution < -0.4 is 16.8 Å². The number of fused-ring (bicyclic) bond motifs is 1. The van der Waals surface area contributed by atoms with E-state index in [0.717, 1.165) is 17.4 Å². The lowest BCUT2D eigenvalue weighted by molar-refractivity contribution is -0.118. The minimum absolute atomic E-state index is 0.0567. The molecule has 0 saturated heterocycles. The second-order valence-electron chi connectivity index (χ2n) is 4.42. The van der Waals surface area contributed by atoms with Gasteiger partial charge in [0, 0.05) is 5.69 Å². The molecule has 0 saturated carbocycles. The van der Waals surface area contributed by atoms with Crippen LogP contribution in [0.1, 0.15) is 0 Å². The standard InChI is InChI=1S/C13H11N5O2S3/c14-17-8(19)6-22-12-15-10-9(11(20)16-12)23-13(21)18(10)7-4-2-1-3-5-7/h1-5H,6,14H2,(H,17,19)(H,15,16,20). The third-order valence-electron chi connectivity index (χ3n) is 2.94. The normalized spacial score (nSPS) is 10.8. The molecule has 2 aromatic heterocycles. The van der Waals surface area contributed by atoms with Crippen molar-refractivity contribution in [2.24, 2.45) is 5.84 Å². The molecular formula is C13H11N5O2S3. The minimum atomic E-state index is -0.358. The number of H-pyrrole nitrogens is 1. The van der Waals surface area contributed by atoms with Crippen molar-refractivity contribution in [1.82, 2.24) is 20.0 Å². The molecular weight excluding hydrogens is 354 g/mol. The Morgan fingerprint density at radius 3 is 2.87 bits per heavy atom. The van der Waals surface area contributed by atoms with Crippen LogP contribution in [0.2, 0.25) is 0 Å². The Labute approximate surface area is 143 Å². The van der Waals surface area contributed by atoms with Crippen LogP contribution in [0.15, 0.2) is 40.3 Å². The van der Waals surface area contributed by atoms with Gasteiger partial charge >= 0.3 is 0 Å². The third-order valence-corrected chi connectivity index (χ3v) is 5.17. The van der Waals surface area contributed by atoms with Crippen molar-refractivity contribution < 1.29 is 4.79 Å². The number of hydrogen-bond donors (Lipinski definition) is 3. The first-order chi connectivity index (χ1) is 11.1. The predicted molar refractivity (Wildman–Crippen MR) is 93.5 cm³/mol. The molecule has 4 N–H and O–H groups in total. The van der Waals surface area contributed by atoms with Crippen LogP contribution in [0.3, 0.4) is 0 Å². The Bertz CT molecular complexity index is 977. The van der Waals surface area contributed by atoms with Gasteiger partial charge in [0.1, 0.15) is 4.70 Å². The average molecular weight is 365 g/mol. The fourth-order valence-electron chi connectivity index (χ4n) is 1.94. The molecule has 10 heteroatoms. The van der Waals surface area contributed by atoms with Gasteiger partial charge in [0.15, 0.2) is 14.8 Å². The molecule has 1 amide bonds. The van der Waals surface area contributed by atoms with E-state index in [1.54, 1.807) is 4.57 Å². The zero-order chi connectivity index (χ0) is 16.4. The number of para-hydroxylation sites is 1. The van der Waals surface area contributed by atoms with Crippen LogP contribution in [0, 0.1) is 3.95 Å². The molecule has 1 aromatic carbocycles. The van der Waals surface area contributed by atoms with E-state index in [2.05, 4.69) is 9.97 Å². The Morgan fingerprint density at radius 2 is 2.17 bits per heavy atom. The van der Waals surface area contributed by atoms with Gasteiger partial charge in [0.05, 0.1) is 5.75 Å². The van der Waals surface area contributed by atoms with E-state index in [-0.39, 0.29) is 17.2 Å². The first-order valence-corrected chi connectivity index (χ1v) is 8.64. The summed E-state index contributed by atoms with van der Waals surface area (Å²) >= 11 is 7.66. The summed E-state index contributed by atoms with van der Waals surface area (Å²) in [5, 5.41) is 0.337. The van der Waals surface area contributed by atoms with Crippen molar-refractivity contribution in [2.45, 2.75) is 5.16 Å². The highest BCUT2D eigenvalue weighted by Gasteiger charge is 2.14. The lowest BCUT2D eigenvalue weighted by atomic mass is 10.3. The van der Waals surface area contributed by atoms with Crippen molar-refractivity contribution in [3.05, 3.63) is 44.6 Å². The van der Waals surface area contributed by atoms with E-state index in [1.165, 1.54) is 11.3 Å². The zero-order valence-electron chi connectivity index (χ0n) is 11.6. The van der Waals surface area contributed by atoms with Gasteiger partial charge in [-0.3, -0.25) is 19.6 Å². The number of thiazole rings is 1. The molecule has 0 aliphatic heterocycles. The Morgan fingerprint density at radius 1 is 1.43 bits per heavy atom. The maximum absolute atomic E-state index is 12.2. The minimum Gasteiger partial charge on any atom is -0.300 e. The lowest BCUT2D eigenvalue weighted by Crippen LogP contribution is -2.31. The molecule has 0 bridgehead atoms. The molecule has 0 unspecified atom stereocenters. The number of aromatic nitrogens is 3. The van der Waals surface area contributed by atoms with Gasteiger partial charge in [-0.25, -0.2) is 10.8 Å². The summed E-state index contributed by atoms with van der Waals surface area (Å²) < 4.78 is 2.73. The van der Waals surface area contributed by atoms with Crippen LogP contribution in [-0.4, -0.2) is 26.2 Å². The zero-order valence-corrected chi connectivity index (χ0v) is 14.1. The second kappa shape index (κ2) is 6.62. The first kappa shape index (κ1) is 15.9. The number of benzene rings is 1. The van der Waals surface area contributed by atoms with Gasteiger partial charge in [0.25, 0.3) is 5.56 Å². The van der Waals surface area contributed by atoms with Gasteiger partial charge in [-0.1, -0.05) is 41.3 Å². The fraction of sp³-hybridized carbons (Fsp3) is 0.0769. The molecule has 23 heavy (non-hydrogen) atoms. The summed E-state index contributed by atoms with van der Waals surface area (Å²) in [6, 6.07) is 9.44. The maximum atomic E-state index is 12.2. The topological polar surface area (TPSA) is 106 Å². The molecule has 2 heterocycles. The molecule has 118 valence electrons. The van der Waals surface area contributed by atoms with Crippen LogP contribution >= 0.6 is 35.3 Å². The van der Waals surface area contributed by atoms with E-state index in [4.69, 9.17) is 18.1 Å². The molecule has 0 spiro atoms. The highest BCUT2D eigenvalue weighted by molar-refractivity contribution is 7.99. The number of thioether (sulfide) groups is 1. The van der Waals surface area contributed by atoms with E-state index in [0.29, 0.717) is 19.5 Å². The molecule has 7 nitrogen and oxygen atoms in total. The smallest absolute Gasteiger partial charge is 0.271 e. The summed E-state index contributed by atoms with van der Waals surface area (Å²) in [7, 11) is 0. The highest BCUT2D eigenvalue weighted by atomic mass is 32.2. The number of nitrogens with one attached hydrogen (secondary N) is 2. The maximum Gasteiger partial charge on any atom is 0.271 e. The lowest BCUT2D eigenvalue weighted by Gasteiger charge is -2.05. The number of nitrogens with zero attached hydrogens (tertiary/aromatic N) is 2. The third kappa shape index (κ3) is 3.20. The van der Waals surface area contributed by atoms with E-state index >= 15 is 0 Å². The quantitative estimate of drug-likeness (QED) is 0.162. The highest BCUT2D eigenvalue weighted by Crippen LogP contribution is 2.24. The Hall–Kier alpha value is -2.01. The number of carbonyl (C=O) groups excluding carboxylic acids is 1. The molecule has 0 aliphatic rings. The Balaban J connectivity index is 2.13. The molecule has 3 rings (SSSR count). The second-order valence-corrected chi connectivity index (χ2v) is 7.03. The van der Waals surface area contributed by atoms with Gasteiger partial charge in [-0.15, -0.1) is 0 Å². The number of hydrazine groups is 1. The number of amides is 1. The molecule has 0 atom stereocenters. The summed E-state index contributed by atoms with van der Waals surface area (Å²) in [6.07, 6.45) is 0. The van der Waals surface area contributed by atoms with E-state index < -0.39 is 0 Å². The number of carbonyl (C=O) groups is 1. The van der Waals surface area contributed by atoms with Gasteiger partial charge in [-0.05, 0) is 24.4 Å². The summed E-state index contributed by atoms with van der Waals surface area (Å²) in [4.78, 5) is 30.5. The number of hydrogen-bond acceptors (Lipinski definition) is 7. The summed E-state index contributed by atoms with van der Waals surface area (Å²) in [5.74, 6) is 4.74. The van der Waals surface area contributed by atoms with Crippen molar-refractivity contribution >= 4 is 51.6 Å². The van der Waals surface area contributed by atoms with Gasteiger partial charge in [0.2, 0.25) is 5.91 Å². The molecule has 0 radical (unpaired) electrons. The van der Waals surface area contributed by atoms with Crippen molar-refractivity contribution in [2.75, 3.05) is 5.75 Å². The predicted octanol–water partition coefficient (Wildman–Crippen LogP) is 1.59. The first-order valence-electron chi connectivity index (χ1n) is 6.43. The summed E-state index contributed by atoms with van der Waals surface area (Å²) in [6.45, 7) is 0. The molecule has 3 aromatic rings. The van der Waals surface area contributed by atoms with Crippen molar-refractivity contribution in [3.63, 3.8) is 0 Å². The fourth-order valence-corrected chi connectivity index (χ4v) is 3.88. The molecule has 0 fully saturated rings. The van der Waals surface area contributed by atoms with Crippen LogP contribution in [0.25, 0.3) is 16.0 Å². The van der Waals surface area contributed by atoms with Crippen molar-refractivity contribution in [3.8, 4) is 5.69 Å². The Kier molecular flexibility index (Phi) is 4.57. The van der Waals surface area contributed by atoms with Crippen LogP contribution in [-0.2, 0) is 4.79 Å². The molecule has 0 aliphatic carbocycles. The number of nitrogens with two attached hydrogens (primary N) is 1. The van der Waals surface area contributed by atoms with Gasteiger partial charge in [-0.2, -0.15) is 0 Å². The summed E-state index contributed by atoms with van der Waals surface area (Å²) in [5.41, 5.74) is 3.06. The largest absolute Gasteiger partial charge is 0.300 e. The van der Waals surface area contributed by atoms with E-state index in [9.17, 15) is 9.59 Å². The average Bonchev–Trinajstić information content (AvgIpc) is 2.90. The van der Waals surface area contributed by atoms with Crippen molar-refractivity contribution in [1.29, 1.82) is 0 Å². The van der Waals surface area contributed by atoms with E-state index in [1.807, 2.05) is 35.8 Å². The number of aromatic amines is 1. The van der Waals surface area contributed by atoms with Crippen LogP contribution in [0.5, 0.6) is 0 Å².